The molecular formula is C3Ti. The van der Waals surface area contributed by atoms with Gasteiger partial charge in [-0.25, -0.2) is 0 Å². The van der Waals surface area contributed by atoms with Crippen LogP contribution < -0.4 is 0 Å². The van der Waals surface area contributed by atoms with E-state index in [-0.39, 0.29) is 44.0 Å². The van der Waals surface area contributed by atoms with Crippen LogP contribution in [0.3, 0.4) is 0 Å². The molecule has 0 aromatic carbocycles. The van der Waals surface area contributed by atoms with Gasteiger partial charge in [-0.05, 0) is 0 Å². The van der Waals surface area contributed by atoms with Crippen LogP contribution in [0, 0.1) is 22.3 Å². The van der Waals surface area contributed by atoms with Crippen LogP contribution >= 0.6 is 0 Å². The molecule has 0 nitrogen and oxygen atoms in total. The molecule has 0 aromatic rings. The van der Waals surface area contributed by atoms with Crippen LogP contribution in [0.1, 0.15) is 0 Å². The molecule has 4 heavy (non-hydrogen) atoms. The fourth-order valence-electron chi connectivity index (χ4n) is 0. The van der Waals surface area contributed by atoms with E-state index in [0.29, 0.717) is 0 Å². The molecule has 0 N–H and O–H groups in total. The fraction of sp³-hybridized carbons (Fsp3) is 0. The van der Waals surface area contributed by atoms with Crippen molar-refractivity contribution in [2.45, 2.75) is 0 Å². The normalized spacial score (nSPS) is 0. The maximum Gasteiger partial charge on any atom is 0 e. The summed E-state index contributed by atoms with van der Waals surface area (Å²) in [6, 6.07) is 0. The Morgan fingerprint density at radius 1 is 0.500 bits per heavy atom. The van der Waals surface area contributed by atoms with E-state index in [1.807, 2.05) is 0 Å². The zero-order valence-electron chi connectivity index (χ0n) is 2.00. The third-order valence-corrected chi connectivity index (χ3v) is 0. The summed E-state index contributed by atoms with van der Waals surface area (Å²) in [5, 5.41) is 0. The second-order valence-electron chi connectivity index (χ2n) is 0. The molecule has 0 aliphatic rings. The SMILES string of the molecule is [C].[C].[C].[Ti]. The summed E-state index contributed by atoms with van der Waals surface area (Å²) < 4.78 is 0. The second-order valence-corrected chi connectivity index (χ2v) is 0. The van der Waals surface area contributed by atoms with Gasteiger partial charge in [0, 0.05) is 44.0 Å². The minimum Gasteiger partial charge on any atom is 0 e. The largest absolute Gasteiger partial charge is 0 e. The van der Waals surface area contributed by atoms with Crippen molar-refractivity contribution >= 4 is 0 Å². The average Bonchev–Trinajstić information content (AvgIpc) is 0. The van der Waals surface area contributed by atoms with E-state index in [4.69, 9.17) is 0 Å². The van der Waals surface area contributed by atoms with Crippen molar-refractivity contribution in [2.75, 3.05) is 0 Å². The van der Waals surface area contributed by atoms with Gasteiger partial charge in [0.15, 0.2) is 0 Å². The van der Waals surface area contributed by atoms with Crippen LogP contribution in [-0.4, -0.2) is 0 Å². The molecule has 0 spiro atoms. The number of rotatable bonds is 0. The van der Waals surface area contributed by atoms with Gasteiger partial charge < -0.3 is 0 Å². The first-order valence-electron chi connectivity index (χ1n) is 0. The molecule has 0 aromatic heterocycles. The third-order valence-electron chi connectivity index (χ3n) is 0. The van der Waals surface area contributed by atoms with Crippen LogP contribution in [0.25, 0.3) is 0 Å². The summed E-state index contributed by atoms with van der Waals surface area (Å²) in [7, 11) is 0. The van der Waals surface area contributed by atoms with Crippen LogP contribution in [-0.2, 0) is 21.7 Å². The molecule has 0 unspecified atom stereocenters. The Morgan fingerprint density at radius 3 is 0.500 bits per heavy atom. The zero-order valence-corrected chi connectivity index (χ0v) is 3.56. The van der Waals surface area contributed by atoms with Gasteiger partial charge in [0.05, 0.1) is 0 Å². The Balaban J connectivity index is 0. The van der Waals surface area contributed by atoms with Gasteiger partial charge in [0.2, 0.25) is 0 Å². The molecule has 0 rings (SSSR count). The summed E-state index contributed by atoms with van der Waals surface area (Å²) in [6.45, 7) is 0. The van der Waals surface area contributed by atoms with Gasteiger partial charge in [-0.1, -0.05) is 0 Å². The first-order chi connectivity index (χ1) is 0. The van der Waals surface area contributed by atoms with E-state index < -0.39 is 0 Å². The molecule has 16 valence electrons. The van der Waals surface area contributed by atoms with Crippen LogP contribution in [0.15, 0.2) is 0 Å². The van der Waals surface area contributed by atoms with Crippen molar-refractivity contribution in [3.63, 3.8) is 0 Å². The number of hydrogen-bond acceptors (Lipinski definition) is 0. The van der Waals surface area contributed by atoms with E-state index in [2.05, 4.69) is 0 Å². The minimum absolute atomic E-state index is 0. The van der Waals surface area contributed by atoms with Crippen LogP contribution in [0.5, 0.6) is 0 Å². The maximum absolute atomic E-state index is 0. The maximum atomic E-state index is 0. The van der Waals surface area contributed by atoms with Crippen molar-refractivity contribution in [2.24, 2.45) is 0 Å². The van der Waals surface area contributed by atoms with Gasteiger partial charge >= 0.3 is 0 Å². The molecule has 0 saturated carbocycles. The molecule has 0 fully saturated rings. The van der Waals surface area contributed by atoms with Crippen molar-refractivity contribution in [3.8, 4) is 0 Å². The van der Waals surface area contributed by atoms with E-state index in [9.17, 15) is 0 Å². The molecule has 1 heteroatoms. The van der Waals surface area contributed by atoms with E-state index in [1.54, 1.807) is 0 Å². The molecule has 12 radical (unpaired) electrons. The Morgan fingerprint density at radius 2 is 0.500 bits per heavy atom. The molecular weight excluding hydrogens is 83.9 g/mol. The average molecular weight is 83.9 g/mol. The van der Waals surface area contributed by atoms with E-state index in [1.165, 1.54) is 0 Å². The molecule has 0 heterocycles. The monoisotopic (exact) mass is 83.9 g/mol. The van der Waals surface area contributed by atoms with Gasteiger partial charge in [-0.15, -0.1) is 0 Å². The molecule has 0 saturated heterocycles. The fourth-order valence-corrected chi connectivity index (χ4v) is 0. The Labute approximate surface area is 44.5 Å². The van der Waals surface area contributed by atoms with Crippen molar-refractivity contribution in [3.05, 3.63) is 22.3 Å². The summed E-state index contributed by atoms with van der Waals surface area (Å²) in [5.41, 5.74) is 0. The summed E-state index contributed by atoms with van der Waals surface area (Å²) in [4.78, 5) is 0. The van der Waals surface area contributed by atoms with Crippen molar-refractivity contribution < 1.29 is 21.7 Å². The first kappa shape index (κ1) is 127. The van der Waals surface area contributed by atoms with E-state index >= 15 is 0 Å². The molecule has 0 aliphatic carbocycles. The van der Waals surface area contributed by atoms with Crippen LogP contribution in [0.2, 0.25) is 0 Å². The van der Waals surface area contributed by atoms with Crippen LogP contribution in [0.4, 0.5) is 0 Å². The first-order valence-corrected chi connectivity index (χ1v) is 0. The second kappa shape index (κ2) is 53.6. The standard InChI is InChI=1S/3C.Ti. The predicted molar refractivity (Wildman–Crippen MR) is 9.73 cm³/mol. The number of hydrogen-bond donors (Lipinski definition) is 0. The van der Waals surface area contributed by atoms with Gasteiger partial charge in [0.1, 0.15) is 0 Å². The Kier molecular flexibility index (Phi) is 1710. The smallest absolute Gasteiger partial charge is 0 e. The molecule has 0 atom stereocenters. The van der Waals surface area contributed by atoms with Gasteiger partial charge in [-0.2, -0.15) is 0 Å². The van der Waals surface area contributed by atoms with E-state index in [0.717, 1.165) is 0 Å². The summed E-state index contributed by atoms with van der Waals surface area (Å²) in [6.07, 6.45) is 0. The van der Waals surface area contributed by atoms with Gasteiger partial charge in [0.25, 0.3) is 0 Å². The van der Waals surface area contributed by atoms with Crippen molar-refractivity contribution in [1.82, 2.24) is 0 Å². The Bertz CT molecular complexity index is 3.25. The quantitative estimate of drug-likeness (QED) is 0.369. The molecule has 0 bridgehead atoms. The molecule has 0 aliphatic heterocycles. The van der Waals surface area contributed by atoms with Gasteiger partial charge in [-0.3, -0.25) is 0 Å². The zero-order chi connectivity index (χ0) is 0. The third kappa shape index (κ3) is 15.6. The summed E-state index contributed by atoms with van der Waals surface area (Å²) >= 11 is 0. The van der Waals surface area contributed by atoms with Crippen molar-refractivity contribution in [1.29, 1.82) is 0 Å². The summed E-state index contributed by atoms with van der Waals surface area (Å²) in [5.74, 6) is 0. The topological polar surface area (TPSA) is 0 Å². The minimum atomic E-state index is 0. The Hall–Kier alpha value is 0.714. The predicted octanol–water partition coefficient (Wildman–Crippen LogP) is 0.241. The molecule has 0 amide bonds.